The van der Waals surface area contributed by atoms with Gasteiger partial charge in [0.1, 0.15) is 18.9 Å². The second kappa shape index (κ2) is 5.11. The highest BCUT2D eigenvalue weighted by molar-refractivity contribution is 5.73. The predicted molar refractivity (Wildman–Crippen MR) is 52.2 cm³/mol. The fraction of sp³-hybridized carbons (Fsp3) is 0.375. The Labute approximate surface area is 85.6 Å². The molecule has 0 saturated heterocycles. The number of hydrogen-bond donors (Lipinski definition) is 2. The molecule has 1 aromatic heterocycles. The van der Waals surface area contributed by atoms with Crippen LogP contribution in [-0.4, -0.2) is 28.8 Å². The van der Waals surface area contributed by atoms with E-state index < -0.39 is 11.5 Å². The fourth-order valence-electron chi connectivity index (χ4n) is 0.939. The van der Waals surface area contributed by atoms with Gasteiger partial charge in [0.2, 0.25) is 5.91 Å². The van der Waals surface area contributed by atoms with Crippen molar-refractivity contribution >= 4 is 5.91 Å². The van der Waals surface area contributed by atoms with Gasteiger partial charge >= 0.3 is 0 Å². The van der Waals surface area contributed by atoms with Gasteiger partial charge in [-0.1, -0.05) is 0 Å². The van der Waals surface area contributed by atoms with Crippen molar-refractivity contribution in [1.29, 1.82) is 0 Å². The minimum absolute atomic E-state index is 0.240. The molecule has 0 radical (unpaired) electrons. The summed E-state index contributed by atoms with van der Waals surface area (Å²) in [5.41, 5.74) is 9.70. The summed E-state index contributed by atoms with van der Waals surface area (Å²) in [4.78, 5) is 21.9. The van der Waals surface area contributed by atoms with Crippen molar-refractivity contribution in [3.05, 3.63) is 22.6 Å². The van der Waals surface area contributed by atoms with E-state index in [1.807, 2.05) is 0 Å². The third-order valence-corrected chi connectivity index (χ3v) is 1.54. The highest BCUT2D eigenvalue weighted by Crippen LogP contribution is 2.02. The molecule has 82 valence electrons. The van der Waals surface area contributed by atoms with E-state index >= 15 is 0 Å². The van der Waals surface area contributed by atoms with Gasteiger partial charge in [0, 0.05) is 12.6 Å². The second-order valence-corrected chi connectivity index (χ2v) is 2.79. The summed E-state index contributed by atoms with van der Waals surface area (Å²) < 4.78 is 6.03. The number of aromatic nitrogens is 2. The number of carbonyl (C=O) groups excluding carboxylic acids is 1. The highest BCUT2D eigenvalue weighted by Gasteiger charge is 2.03. The third kappa shape index (κ3) is 3.39. The van der Waals surface area contributed by atoms with E-state index in [0.29, 0.717) is 18.9 Å². The summed E-state index contributed by atoms with van der Waals surface area (Å²) in [7, 11) is 0. The number of amides is 1. The largest absolute Gasteiger partial charge is 0.490 e. The van der Waals surface area contributed by atoms with E-state index in [2.05, 4.69) is 5.10 Å². The van der Waals surface area contributed by atoms with E-state index in [1.165, 1.54) is 12.3 Å². The van der Waals surface area contributed by atoms with Gasteiger partial charge in [-0.15, -0.1) is 0 Å². The molecule has 0 aliphatic rings. The molecular weight excluding hydrogens is 200 g/mol. The molecule has 15 heavy (non-hydrogen) atoms. The quantitative estimate of drug-likeness (QED) is 0.589. The molecule has 0 atom stereocenters. The Kier molecular flexibility index (Phi) is 3.81. The maximum atomic E-state index is 11.3. The van der Waals surface area contributed by atoms with Gasteiger partial charge in [-0.2, -0.15) is 5.10 Å². The number of primary amides is 1. The van der Waals surface area contributed by atoms with E-state index in [1.54, 1.807) is 0 Å². The normalized spacial score (nSPS) is 9.93. The van der Waals surface area contributed by atoms with Crippen molar-refractivity contribution in [2.45, 2.75) is 6.54 Å². The van der Waals surface area contributed by atoms with E-state index in [0.717, 1.165) is 4.68 Å². The summed E-state index contributed by atoms with van der Waals surface area (Å²) in [6, 6.07) is 1.23. The zero-order chi connectivity index (χ0) is 11.3. The molecule has 0 saturated carbocycles. The van der Waals surface area contributed by atoms with Crippen LogP contribution in [0.5, 0.6) is 5.75 Å². The standard InChI is InChI=1S/C8H12N4O3/c9-1-2-15-6-3-8(14)12(11-4-6)5-7(10)13/h3-4H,1-2,5,9H2,(H2,10,13). The van der Waals surface area contributed by atoms with Crippen molar-refractivity contribution in [2.24, 2.45) is 11.5 Å². The monoisotopic (exact) mass is 212 g/mol. The molecule has 1 heterocycles. The molecular formula is C8H12N4O3. The Morgan fingerprint density at radius 3 is 2.87 bits per heavy atom. The molecule has 0 aliphatic heterocycles. The topological polar surface area (TPSA) is 113 Å². The lowest BCUT2D eigenvalue weighted by Crippen LogP contribution is -2.29. The molecule has 0 fully saturated rings. The Hall–Kier alpha value is -1.89. The summed E-state index contributed by atoms with van der Waals surface area (Å²) in [5, 5.41) is 3.71. The number of carbonyl (C=O) groups is 1. The number of nitrogens with two attached hydrogens (primary N) is 2. The molecule has 0 aliphatic carbocycles. The molecule has 1 aromatic rings. The van der Waals surface area contributed by atoms with Crippen molar-refractivity contribution in [3.63, 3.8) is 0 Å². The fourth-order valence-corrected chi connectivity index (χ4v) is 0.939. The maximum absolute atomic E-state index is 11.3. The first-order valence-corrected chi connectivity index (χ1v) is 4.32. The Bertz CT molecular complexity index is 401. The lowest BCUT2D eigenvalue weighted by molar-refractivity contribution is -0.118. The SMILES string of the molecule is NCCOc1cnn(CC(N)=O)c(=O)c1. The van der Waals surface area contributed by atoms with Gasteiger partial charge in [-0.25, -0.2) is 4.68 Å². The van der Waals surface area contributed by atoms with Crippen molar-refractivity contribution in [1.82, 2.24) is 9.78 Å². The van der Waals surface area contributed by atoms with Gasteiger partial charge in [-0.3, -0.25) is 9.59 Å². The van der Waals surface area contributed by atoms with Crippen molar-refractivity contribution in [3.8, 4) is 5.75 Å². The minimum Gasteiger partial charge on any atom is -0.490 e. The number of ether oxygens (including phenoxy) is 1. The Morgan fingerprint density at radius 1 is 1.60 bits per heavy atom. The summed E-state index contributed by atoms with van der Waals surface area (Å²) >= 11 is 0. The lowest BCUT2D eigenvalue weighted by Gasteiger charge is -2.05. The van der Waals surface area contributed by atoms with Crippen LogP contribution in [0.25, 0.3) is 0 Å². The number of hydrogen-bond acceptors (Lipinski definition) is 5. The molecule has 1 rings (SSSR count). The molecule has 0 bridgehead atoms. The zero-order valence-corrected chi connectivity index (χ0v) is 8.05. The van der Waals surface area contributed by atoms with Crippen LogP contribution in [0.2, 0.25) is 0 Å². The van der Waals surface area contributed by atoms with Crippen LogP contribution >= 0.6 is 0 Å². The van der Waals surface area contributed by atoms with Crippen LogP contribution in [0.1, 0.15) is 0 Å². The van der Waals surface area contributed by atoms with E-state index in [9.17, 15) is 9.59 Å². The molecule has 0 spiro atoms. The van der Waals surface area contributed by atoms with Gasteiger partial charge in [-0.05, 0) is 0 Å². The van der Waals surface area contributed by atoms with Crippen LogP contribution < -0.4 is 21.8 Å². The first kappa shape index (κ1) is 11.2. The summed E-state index contributed by atoms with van der Waals surface area (Å²) in [6.07, 6.45) is 1.33. The molecule has 1 amide bonds. The van der Waals surface area contributed by atoms with Gasteiger partial charge in [0.25, 0.3) is 5.56 Å². The molecule has 7 nitrogen and oxygen atoms in total. The molecule has 7 heteroatoms. The second-order valence-electron chi connectivity index (χ2n) is 2.79. The van der Waals surface area contributed by atoms with Crippen LogP contribution in [-0.2, 0) is 11.3 Å². The summed E-state index contributed by atoms with van der Waals surface area (Å²) in [6.45, 7) is 0.418. The van der Waals surface area contributed by atoms with Gasteiger partial charge < -0.3 is 16.2 Å². The van der Waals surface area contributed by atoms with Crippen LogP contribution in [0.4, 0.5) is 0 Å². The smallest absolute Gasteiger partial charge is 0.270 e. The highest BCUT2D eigenvalue weighted by atomic mass is 16.5. The van der Waals surface area contributed by atoms with Crippen LogP contribution in [0, 0.1) is 0 Å². The minimum atomic E-state index is -0.625. The molecule has 0 aromatic carbocycles. The summed E-state index contributed by atoms with van der Waals surface area (Å²) in [5.74, 6) is -0.300. The van der Waals surface area contributed by atoms with E-state index in [4.69, 9.17) is 16.2 Å². The first-order valence-electron chi connectivity index (χ1n) is 4.32. The lowest BCUT2D eigenvalue weighted by atomic mass is 10.5. The van der Waals surface area contributed by atoms with Crippen molar-refractivity contribution < 1.29 is 9.53 Å². The predicted octanol–water partition coefficient (Wildman–Crippen LogP) is -1.93. The third-order valence-electron chi connectivity index (χ3n) is 1.54. The Morgan fingerprint density at radius 2 is 2.33 bits per heavy atom. The van der Waals surface area contributed by atoms with E-state index in [-0.39, 0.29) is 6.54 Å². The Balaban J connectivity index is 2.79. The average Bonchev–Trinajstić information content (AvgIpc) is 2.18. The van der Waals surface area contributed by atoms with Crippen molar-refractivity contribution in [2.75, 3.05) is 13.2 Å². The average molecular weight is 212 g/mol. The van der Waals surface area contributed by atoms with Crippen LogP contribution in [0.15, 0.2) is 17.1 Å². The maximum Gasteiger partial charge on any atom is 0.270 e. The zero-order valence-electron chi connectivity index (χ0n) is 8.05. The number of nitrogens with zero attached hydrogens (tertiary/aromatic N) is 2. The number of rotatable bonds is 5. The van der Waals surface area contributed by atoms with Gasteiger partial charge in [0.15, 0.2) is 0 Å². The molecule has 0 unspecified atom stereocenters. The molecule has 4 N–H and O–H groups in total. The van der Waals surface area contributed by atoms with Crippen LogP contribution in [0.3, 0.4) is 0 Å². The van der Waals surface area contributed by atoms with Gasteiger partial charge in [0.05, 0.1) is 6.20 Å². The first-order chi connectivity index (χ1) is 7.13.